The number of hydrogen-bond donors (Lipinski definition) is 1. The van der Waals surface area contributed by atoms with Crippen molar-refractivity contribution in [2.24, 2.45) is 0 Å². The molecule has 2 fully saturated rings. The van der Waals surface area contributed by atoms with E-state index in [2.05, 4.69) is 10.2 Å². The fourth-order valence-corrected chi connectivity index (χ4v) is 2.63. The molecule has 3 heterocycles. The molecule has 4 nitrogen and oxygen atoms in total. The van der Waals surface area contributed by atoms with Gasteiger partial charge in [-0.15, -0.1) is 0 Å². The summed E-state index contributed by atoms with van der Waals surface area (Å²) < 4.78 is 5.05. The minimum Gasteiger partial charge on any atom is -0.472 e. The van der Waals surface area contributed by atoms with E-state index < -0.39 is 0 Å². The van der Waals surface area contributed by atoms with Crippen molar-refractivity contribution in [3.63, 3.8) is 0 Å². The van der Waals surface area contributed by atoms with E-state index >= 15 is 0 Å². The second-order valence-corrected chi connectivity index (χ2v) is 4.34. The van der Waals surface area contributed by atoms with Crippen molar-refractivity contribution in [3.8, 4) is 0 Å². The molecule has 1 amide bonds. The average molecular weight is 206 g/mol. The molecule has 0 aliphatic carbocycles. The van der Waals surface area contributed by atoms with Crippen LogP contribution < -0.4 is 5.32 Å². The highest BCUT2D eigenvalue weighted by atomic mass is 16.3. The van der Waals surface area contributed by atoms with E-state index in [1.807, 2.05) is 6.07 Å². The predicted octanol–water partition coefficient (Wildman–Crippen LogP) is 0.742. The van der Waals surface area contributed by atoms with Gasteiger partial charge in [0.1, 0.15) is 0 Å². The zero-order valence-electron chi connectivity index (χ0n) is 8.48. The summed E-state index contributed by atoms with van der Waals surface area (Å²) >= 11 is 0. The van der Waals surface area contributed by atoms with Gasteiger partial charge in [-0.2, -0.15) is 0 Å². The number of carbonyl (C=O) groups excluding carboxylic acids is 1. The lowest BCUT2D eigenvalue weighted by atomic mass is 10.1. The number of amides is 1. The summed E-state index contributed by atoms with van der Waals surface area (Å²) in [5.74, 6) is 0.196. The van der Waals surface area contributed by atoms with Gasteiger partial charge in [0.25, 0.3) is 0 Å². The first-order valence-electron chi connectivity index (χ1n) is 5.37. The predicted molar refractivity (Wildman–Crippen MR) is 54.1 cm³/mol. The molecular weight excluding hydrogens is 192 g/mol. The summed E-state index contributed by atoms with van der Waals surface area (Å²) in [6.45, 7) is 1.97. The zero-order valence-corrected chi connectivity index (χ0v) is 8.48. The Morgan fingerprint density at radius 3 is 3.33 bits per heavy atom. The molecule has 0 bridgehead atoms. The summed E-state index contributed by atoms with van der Waals surface area (Å²) in [7, 11) is 0. The highest BCUT2D eigenvalue weighted by Gasteiger charge is 2.40. The van der Waals surface area contributed by atoms with Crippen LogP contribution >= 0.6 is 0 Å². The summed E-state index contributed by atoms with van der Waals surface area (Å²) in [6, 6.07) is 2.76. The van der Waals surface area contributed by atoms with Crippen molar-refractivity contribution >= 4 is 5.91 Å². The number of fused-ring (bicyclic) bond motifs is 1. The highest BCUT2D eigenvalue weighted by molar-refractivity contribution is 5.79. The Morgan fingerprint density at radius 2 is 2.53 bits per heavy atom. The molecule has 0 spiro atoms. The van der Waals surface area contributed by atoms with Crippen LogP contribution in [0.25, 0.3) is 0 Å². The van der Waals surface area contributed by atoms with Crippen molar-refractivity contribution < 1.29 is 9.21 Å². The van der Waals surface area contributed by atoms with Gasteiger partial charge in [-0.1, -0.05) is 0 Å². The Labute approximate surface area is 88.2 Å². The Morgan fingerprint density at radius 1 is 1.60 bits per heavy atom. The van der Waals surface area contributed by atoms with Crippen molar-refractivity contribution in [1.82, 2.24) is 10.2 Å². The Kier molecular flexibility index (Phi) is 2.02. The lowest BCUT2D eigenvalue weighted by Gasteiger charge is -2.21. The number of hydrogen-bond acceptors (Lipinski definition) is 3. The first kappa shape index (κ1) is 8.97. The number of likely N-dealkylation sites (tertiary alicyclic amines) is 1. The van der Waals surface area contributed by atoms with Gasteiger partial charge in [-0.3, -0.25) is 9.69 Å². The van der Waals surface area contributed by atoms with Crippen molar-refractivity contribution in [1.29, 1.82) is 0 Å². The Bertz CT molecular complexity index is 361. The number of carbonyl (C=O) groups is 1. The topological polar surface area (TPSA) is 45.5 Å². The summed E-state index contributed by atoms with van der Waals surface area (Å²) in [5, 5.41) is 3.02. The standard InChI is InChI=1S/C11H14N2O2/c14-11-5-10-9(12-11)1-3-13(10)6-8-2-4-15-7-8/h2,4,7,9-10H,1,3,5-6H2,(H,12,14)/t9-,10-/m0/s1. The summed E-state index contributed by atoms with van der Waals surface area (Å²) in [6.07, 6.45) is 5.20. The first-order chi connectivity index (χ1) is 7.33. The van der Waals surface area contributed by atoms with E-state index in [-0.39, 0.29) is 5.91 Å². The molecule has 0 unspecified atom stereocenters. The van der Waals surface area contributed by atoms with Crippen LogP contribution in [0.1, 0.15) is 18.4 Å². The van der Waals surface area contributed by atoms with E-state index in [1.165, 1.54) is 5.56 Å². The number of nitrogens with one attached hydrogen (secondary N) is 1. The normalized spacial score (nSPS) is 30.5. The molecule has 1 aromatic heterocycles. The average Bonchev–Trinajstić information content (AvgIpc) is 2.85. The van der Waals surface area contributed by atoms with Crippen LogP contribution in [0.2, 0.25) is 0 Å². The monoisotopic (exact) mass is 206 g/mol. The second kappa shape index (κ2) is 3.38. The van der Waals surface area contributed by atoms with Gasteiger partial charge in [0.05, 0.1) is 12.5 Å². The maximum atomic E-state index is 11.2. The molecule has 3 rings (SSSR count). The van der Waals surface area contributed by atoms with Gasteiger partial charge < -0.3 is 9.73 Å². The van der Waals surface area contributed by atoms with Gasteiger partial charge >= 0.3 is 0 Å². The summed E-state index contributed by atoms with van der Waals surface area (Å²) in [5.41, 5.74) is 1.19. The molecular formula is C11H14N2O2. The third kappa shape index (κ3) is 1.55. The number of nitrogens with zero attached hydrogens (tertiary/aromatic N) is 1. The van der Waals surface area contributed by atoms with E-state index in [4.69, 9.17) is 4.42 Å². The maximum absolute atomic E-state index is 11.2. The van der Waals surface area contributed by atoms with Crippen LogP contribution in [-0.2, 0) is 11.3 Å². The largest absolute Gasteiger partial charge is 0.472 e. The van der Waals surface area contributed by atoms with Gasteiger partial charge in [-0.25, -0.2) is 0 Å². The third-order valence-electron chi connectivity index (χ3n) is 3.37. The molecule has 4 heteroatoms. The first-order valence-corrected chi connectivity index (χ1v) is 5.37. The third-order valence-corrected chi connectivity index (χ3v) is 3.37. The van der Waals surface area contributed by atoms with Gasteiger partial charge in [0, 0.05) is 37.2 Å². The van der Waals surface area contributed by atoms with Crippen LogP contribution in [0.5, 0.6) is 0 Å². The minimum absolute atomic E-state index is 0.196. The lowest BCUT2D eigenvalue weighted by Crippen LogP contribution is -2.33. The van der Waals surface area contributed by atoms with Crippen molar-refractivity contribution in [2.45, 2.75) is 31.5 Å². The molecule has 2 atom stereocenters. The van der Waals surface area contributed by atoms with Crippen molar-refractivity contribution in [3.05, 3.63) is 24.2 Å². The maximum Gasteiger partial charge on any atom is 0.221 e. The fraction of sp³-hybridized carbons (Fsp3) is 0.545. The molecule has 2 aliphatic rings. The molecule has 2 aliphatic heterocycles. The van der Waals surface area contributed by atoms with Crippen LogP contribution in [0.4, 0.5) is 0 Å². The van der Waals surface area contributed by atoms with E-state index in [9.17, 15) is 4.79 Å². The quantitative estimate of drug-likeness (QED) is 0.776. The molecule has 1 aromatic rings. The van der Waals surface area contributed by atoms with E-state index in [1.54, 1.807) is 12.5 Å². The second-order valence-electron chi connectivity index (χ2n) is 4.34. The van der Waals surface area contributed by atoms with Crippen LogP contribution in [-0.4, -0.2) is 29.4 Å². The fourth-order valence-electron chi connectivity index (χ4n) is 2.63. The molecule has 15 heavy (non-hydrogen) atoms. The zero-order chi connectivity index (χ0) is 10.3. The molecule has 0 aromatic carbocycles. The van der Waals surface area contributed by atoms with Crippen LogP contribution in [0, 0.1) is 0 Å². The minimum atomic E-state index is 0.196. The number of rotatable bonds is 2. The van der Waals surface area contributed by atoms with Crippen LogP contribution in [0.3, 0.4) is 0 Å². The van der Waals surface area contributed by atoms with Gasteiger partial charge in [-0.05, 0) is 12.5 Å². The number of furan rings is 1. The van der Waals surface area contributed by atoms with Crippen LogP contribution in [0.15, 0.2) is 23.0 Å². The molecule has 0 saturated carbocycles. The Hall–Kier alpha value is -1.29. The molecule has 0 radical (unpaired) electrons. The highest BCUT2D eigenvalue weighted by Crippen LogP contribution is 2.27. The molecule has 1 N–H and O–H groups in total. The molecule has 2 saturated heterocycles. The summed E-state index contributed by atoms with van der Waals surface area (Å²) in [4.78, 5) is 13.6. The SMILES string of the molecule is O=C1C[C@H]2[C@H](CCN2Cc2ccoc2)N1. The Balaban J connectivity index is 1.70. The lowest BCUT2D eigenvalue weighted by molar-refractivity contribution is -0.119. The van der Waals surface area contributed by atoms with Gasteiger partial charge in [0.2, 0.25) is 5.91 Å². The van der Waals surface area contributed by atoms with E-state index in [0.29, 0.717) is 18.5 Å². The van der Waals surface area contributed by atoms with Crippen molar-refractivity contribution in [2.75, 3.05) is 6.54 Å². The smallest absolute Gasteiger partial charge is 0.221 e. The van der Waals surface area contributed by atoms with E-state index in [0.717, 1.165) is 19.5 Å². The van der Waals surface area contributed by atoms with Gasteiger partial charge in [0.15, 0.2) is 0 Å². The molecule has 80 valence electrons.